The van der Waals surface area contributed by atoms with Gasteiger partial charge in [-0.25, -0.2) is 4.98 Å². The molecule has 1 aromatic carbocycles. The number of likely N-dealkylation sites (N-methyl/N-ethyl adjacent to an activating group) is 1. The first kappa shape index (κ1) is 12.4. The van der Waals surface area contributed by atoms with Crippen LogP contribution in [0.2, 0.25) is 0 Å². The summed E-state index contributed by atoms with van der Waals surface area (Å²) in [6, 6.07) is 6.31. The first-order valence-electron chi connectivity index (χ1n) is 6.72. The van der Waals surface area contributed by atoms with Crippen molar-refractivity contribution in [3.63, 3.8) is 0 Å². The van der Waals surface area contributed by atoms with Gasteiger partial charge < -0.3 is 19.9 Å². The van der Waals surface area contributed by atoms with E-state index in [4.69, 9.17) is 4.74 Å². The molecule has 3 rings (SSSR count). The lowest BCUT2D eigenvalue weighted by Gasteiger charge is -2.29. The lowest BCUT2D eigenvalue weighted by atomic mass is 10.2. The number of ether oxygens (including phenoxy) is 1. The molecule has 2 heterocycles. The second-order valence-corrected chi connectivity index (χ2v) is 5.10. The molecule has 1 aliphatic rings. The minimum atomic E-state index is 0.262. The molecule has 0 spiro atoms. The lowest BCUT2D eigenvalue weighted by Crippen LogP contribution is -2.44. The van der Waals surface area contributed by atoms with Gasteiger partial charge in [0.25, 0.3) is 0 Å². The van der Waals surface area contributed by atoms with E-state index >= 15 is 0 Å². The number of hydrogen-bond acceptors (Lipinski definition) is 4. The van der Waals surface area contributed by atoms with Crippen molar-refractivity contribution in [2.24, 2.45) is 0 Å². The molecule has 1 aliphatic heterocycles. The fourth-order valence-corrected chi connectivity index (χ4v) is 2.51. The number of imidazole rings is 1. The summed E-state index contributed by atoms with van der Waals surface area (Å²) in [5.74, 6) is 0.953. The molecule has 5 heteroatoms. The minimum Gasteiger partial charge on any atom is -0.374 e. The van der Waals surface area contributed by atoms with Crippen LogP contribution in [0.25, 0.3) is 11.0 Å². The predicted molar refractivity (Wildman–Crippen MR) is 76.7 cm³/mol. The van der Waals surface area contributed by atoms with Gasteiger partial charge in [0.05, 0.1) is 23.7 Å². The number of aryl methyl sites for hydroxylation is 1. The third kappa shape index (κ3) is 2.72. The molecule has 102 valence electrons. The number of H-pyrrole nitrogens is 1. The zero-order chi connectivity index (χ0) is 13.2. The van der Waals surface area contributed by atoms with Crippen molar-refractivity contribution in [2.45, 2.75) is 13.0 Å². The van der Waals surface area contributed by atoms with Gasteiger partial charge in [-0.05, 0) is 25.1 Å². The van der Waals surface area contributed by atoms with Crippen molar-refractivity contribution in [3.8, 4) is 0 Å². The molecule has 1 atom stereocenters. The number of rotatable bonds is 3. The maximum atomic E-state index is 5.74. The Hall–Kier alpha value is -1.59. The average Bonchev–Trinajstić information content (AvgIpc) is 2.78. The number of morpholine rings is 1. The van der Waals surface area contributed by atoms with Gasteiger partial charge in [0.2, 0.25) is 0 Å². The summed E-state index contributed by atoms with van der Waals surface area (Å²) in [6.45, 7) is 5.56. The Labute approximate surface area is 113 Å². The minimum absolute atomic E-state index is 0.262. The van der Waals surface area contributed by atoms with E-state index in [1.165, 1.54) is 5.69 Å². The van der Waals surface area contributed by atoms with E-state index in [1.54, 1.807) is 0 Å². The standard InChI is InChI=1S/C14H20N4O/c1-10-16-13-4-3-11(7-14(13)17-10)18(2)9-12-8-15-5-6-19-12/h3-4,7,12,15H,5-6,8-9H2,1-2H3,(H,16,17). The van der Waals surface area contributed by atoms with E-state index in [2.05, 4.69) is 45.4 Å². The number of fused-ring (bicyclic) bond motifs is 1. The summed E-state index contributed by atoms with van der Waals surface area (Å²) in [6.07, 6.45) is 0.262. The first-order valence-corrected chi connectivity index (χ1v) is 6.72. The van der Waals surface area contributed by atoms with Crippen LogP contribution in [-0.2, 0) is 4.74 Å². The number of hydrogen-bond donors (Lipinski definition) is 2. The number of benzene rings is 1. The van der Waals surface area contributed by atoms with Gasteiger partial charge >= 0.3 is 0 Å². The second-order valence-electron chi connectivity index (χ2n) is 5.10. The number of anilines is 1. The quantitative estimate of drug-likeness (QED) is 0.873. The third-order valence-corrected chi connectivity index (χ3v) is 3.51. The molecule has 0 saturated carbocycles. The van der Waals surface area contributed by atoms with Crippen LogP contribution in [0.4, 0.5) is 5.69 Å². The number of nitrogens with one attached hydrogen (secondary N) is 2. The monoisotopic (exact) mass is 260 g/mol. The number of nitrogens with zero attached hydrogens (tertiary/aromatic N) is 2. The van der Waals surface area contributed by atoms with E-state index in [9.17, 15) is 0 Å². The molecule has 5 nitrogen and oxygen atoms in total. The van der Waals surface area contributed by atoms with Crippen molar-refractivity contribution < 1.29 is 4.74 Å². The van der Waals surface area contributed by atoms with Gasteiger partial charge in [0, 0.05) is 32.4 Å². The van der Waals surface area contributed by atoms with Crippen LogP contribution in [0.3, 0.4) is 0 Å². The molecule has 0 bridgehead atoms. The number of aromatic nitrogens is 2. The van der Waals surface area contributed by atoms with E-state index in [-0.39, 0.29) is 6.10 Å². The summed E-state index contributed by atoms with van der Waals surface area (Å²) < 4.78 is 5.74. The maximum absolute atomic E-state index is 5.74. The summed E-state index contributed by atoms with van der Waals surface area (Å²) in [4.78, 5) is 9.93. The van der Waals surface area contributed by atoms with Gasteiger partial charge in [-0.15, -0.1) is 0 Å². The highest BCUT2D eigenvalue weighted by molar-refractivity contribution is 5.79. The van der Waals surface area contributed by atoms with E-state index in [1.807, 2.05) is 6.92 Å². The van der Waals surface area contributed by atoms with Crippen LogP contribution in [0.15, 0.2) is 18.2 Å². The Morgan fingerprint density at radius 1 is 1.47 bits per heavy atom. The Balaban J connectivity index is 1.74. The van der Waals surface area contributed by atoms with E-state index in [0.717, 1.165) is 43.1 Å². The van der Waals surface area contributed by atoms with Crippen molar-refractivity contribution >= 4 is 16.7 Å². The molecule has 2 N–H and O–H groups in total. The predicted octanol–water partition coefficient (Wildman–Crippen LogP) is 1.30. The van der Waals surface area contributed by atoms with Crippen LogP contribution >= 0.6 is 0 Å². The van der Waals surface area contributed by atoms with E-state index in [0.29, 0.717) is 0 Å². The largest absolute Gasteiger partial charge is 0.374 e. The molecule has 19 heavy (non-hydrogen) atoms. The van der Waals surface area contributed by atoms with Gasteiger partial charge in [-0.1, -0.05) is 0 Å². The second kappa shape index (κ2) is 5.19. The molecule has 0 radical (unpaired) electrons. The molecular weight excluding hydrogens is 240 g/mol. The molecular formula is C14H20N4O. The highest BCUT2D eigenvalue weighted by Gasteiger charge is 2.16. The topological polar surface area (TPSA) is 53.2 Å². The van der Waals surface area contributed by atoms with Crippen LogP contribution < -0.4 is 10.2 Å². The summed E-state index contributed by atoms with van der Waals surface area (Å²) in [7, 11) is 2.10. The molecule has 0 aliphatic carbocycles. The molecule has 1 unspecified atom stereocenters. The molecule has 2 aromatic rings. The average molecular weight is 260 g/mol. The Morgan fingerprint density at radius 2 is 2.37 bits per heavy atom. The smallest absolute Gasteiger partial charge is 0.104 e. The Bertz CT molecular complexity index is 560. The fraction of sp³-hybridized carbons (Fsp3) is 0.500. The SMILES string of the molecule is Cc1nc2ccc(N(C)CC3CNCCO3)cc2[nH]1. The number of aromatic amines is 1. The zero-order valence-corrected chi connectivity index (χ0v) is 11.4. The van der Waals surface area contributed by atoms with Crippen LogP contribution in [0.1, 0.15) is 5.82 Å². The van der Waals surface area contributed by atoms with Crippen molar-refractivity contribution in [1.29, 1.82) is 0 Å². The van der Waals surface area contributed by atoms with Crippen molar-refractivity contribution in [2.75, 3.05) is 38.2 Å². The highest BCUT2D eigenvalue weighted by atomic mass is 16.5. The molecule has 1 aromatic heterocycles. The van der Waals surface area contributed by atoms with Gasteiger partial charge in [-0.2, -0.15) is 0 Å². The zero-order valence-electron chi connectivity index (χ0n) is 11.4. The summed E-state index contributed by atoms with van der Waals surface area (Å²) >= 11 is 0. The third-order valence-electron chi connectivity index (χ3n) is 3.51. The highest BCUT2D eigenvalue weighted by Crippen LogP contribution is 2.20. The summed E-state index contributed by atoms with van der Waals surface area (Å²) in [5.41, 5.74) is 3.29. The molecule has 0 amide bonds. The van der Waals surface area contributed by atoms with Crippen LogP contribution in [0.5, 0.6) is 0 Å². The van der Waals surface area contributed by atoms with E-state index < -0.39 is 0 Å². The van der Waals surface area contributed by atoms with Crippen molar-refractivity contribution in [3.05, 3.63) is 24.0 Å². The lowest BCUT2D eigenvalue weighted by molar-refractivity contribution is 0.0340. The van der Waals surface area contributed by atoms with Gasteiger partial charge in [0.1, 0.15) is 5.82 Å². The van der Waals surface area contributed by atoms with Crippen LogP contribution in [0, 0.1) is 6.92 Å². The Kier molecular flexibility index (Phi) is 3.40. The first-order chi connectivity index (χ1) is 9.22. The molecule has 1 saturated heterocycles. The normalized spacial score (nSPS) is 19.8. The maximum Gasteiger partial charge on any atom is 0.104 e. The van der Waals surface area contributed by atoms with Crippen molar-refractivity contribution in [1.82, 2.24) is 15.3 Å². The molecule has 1 fully saturated rings. The fourth-order valence-electron chi connectivity index (χ4n) is 2.51. The van der Waals surface area contributed by atoms with Gasteiger partial charge in [0.15, 0.2) is 0 Å². The van der Waals surface area contributed by atoms with Gasteiger partial charge in [-0.3, -0.25) is 0 Å². The Morgan fingerprint density at radius 3 is 3.16 bits per heavy atom. The summed E-state index contributed by atoms with van der Waals surface area (Å²) in [5, 5.41) is 3.36. The van der Waals surface area contributed by atoms with Crippen LogP contribution in [-0.4, -0.2) is 49.4 Å².